The first-order chi connectivity index (χ1) is 6.85. The van der Waals surface area contributed by atoms with Crippen molar-refractivity contribution >= 4 is 30.9 Å². The Kier molecular flexibility index (Phi) is 26.1. The predicted molar refractivity (Wildman–Crippen MR) is 68.4 cm³/mol. The van der Waals surface area contributed by atoms with Gasteiger partial charge in [-0.2, -0.15) is 6.42 Å². The summed E-state index contributed by atoms with van der Waals surface area (Å²) in [6.45, 7) is 5.55. The third-order valence-corrected chi connectivity index (χ3v) is 1.20. The average molecular weight is 533 g/mol. The van der Waals surface area contributed by atoms with Crippen LogP contribution >= 0.6 is 12.5 Å². The number of nitrogens with one attached hydrogen (secondary N) is 1. The van der Waals surface area contributed by atoms with Crippen molar-refractivity contribution in [3.8, 4) is 0 Å². The molecule has 1 rings (SSSR count). The van der Waals surface area contributed by atoms with E-state index in [9.17, 15) is 0 Å². The van der Waals surface area contributed by atoms with Crippen molar-refractivity contribution in [3.05, 3.63) is 30.3 Å². The molecule has 1 aromatic carbocycles. The molecule has 0 aliphatic carbocycles. The number of anilines is 1. The summed E-state index contributed by atoms with van der Waals surface area (Å²) in [7, 11) is 0. The third kappa shape index (κ3) is 15.3. The zero-order chi connectivity index (χ0) is 10.6. The molecule has 0 saturated heterocycles. The summed E-state index contributed by atoms with van der Waals surface area (Å²) in [5, 5.41) is 3.86. The molecule has 6 heteroatoms. The topological polar surface area (TPSA) is 24.4 Å². The van der Waals surface area contributed by atoms with Crippen molar-refractivity contribution in [2.75, 3.05) is 5.43 Å². The smallest absolute Gasteiger partial charge is 0.183 e. The second-order valence-electron chi connectivity index (χ2n) is 2.36. The molecule has 0 bridgehead atoms. The number of para-hydroxylation sites is 1. The van der Waals surface area contributed by atoms with Crippen LogP contribution in [-0.4, -0.2) is 12.8 Å². The first-order valence-corrected chi connectivity index (χ1v) is 5.02. The van der Waals surface area contributed by atoms with Crippen LogP contribution < -0.4 is 5.43 Å². The predicted octanol–water partition coefficient (Wildman–Crippen LogP) is 2.95. The summed E-state index contributed by atoms with van der Waals surface area (Å²) < 4.78 is 0. The molecule has 0 heterocycles. The van der Waals surface area contributed by atoms with E-state index in [0.29, 0.717) is 0 Å². The minimum atomic E-state index is 0. The van der Waals surface area contributed by atoms with E-state index >= 15 is 0 Å². The summed E-state index contributed by atoms with van der Waals surface area (Å²) in [5.74, 6) is 0. The van der Waals surface area contributed by atoms with E-state index in [0.717, 1.165) is 12.1 Å². The quantitative estimate of drug-likeness (QED) is 0.202. The van der Waals surface area contributed by atoms with Crippen LogP contribution in [0.25, 0.3) is 0 Å². The monoisotopic (exact) mass is 533 g/mol. The molecule has 0 aliphatic rings. The van der Waals surface area contributed by atoms with Gasteiger partial charge in [0.05, 0.1) is 5.69 Å². The van der Waals surface area contributed by atoms with Gasteiger partial charge in [0, 0.05) is 63.8 Å². The molecule has 16 heavy (non-hydrogen) atoms. The Morgan fingerprint density at radius 2 is 1.88 bits per heavy atom. The van der Waals surface area contributed by atoms with Gasteiger partial charge in [-0.15, -0.1) is 0 Å². The Hall–Kier alpha value is 1.26. The van der Waals surface area contributed by atoms with Crippen molar-refractivity contribution in [1.29, 1.82) is 0 Å². The van der Waals surface area contributed by atoms with Gasteiger partial charge in [0.1, 0.15) is 0 Å². The van der Waals surface area contributed by atoms with E-state index in [2.05, 4.69) is 29.2 Å². The molecule has 0 aromatic heterocycles. The van der Waals surface area contributed by atoms with Gasteiger partial charge in [0.2, 0.25) is 0 Å². The van der Waals surface area contributed by atoms with Crippen LogP contribution in [0, 0.1) is 31.1 Å². The van der Waals surface area contributed by atoms with Gasteiger partial charge in [-0.3, -0.25) is 0 Å². The van der Waals surface area contributed by atoms with Gasteiger partial charge in [-0.1, -0.05) is 31.9 Å². The fourth-order valence-corrected chi connectivity index (χ4v) is 0.696. The van der Waals surface area contributed by atoms with E-state index in [4.69, 9.17) is 0 Å². The van der Waals surface area contributed by atoms with Gasteiger partial charge >= 0.3 is 0 Å². The standard InChI is InChI=1S/C9H11N2.CH4BS.U.Y/c1-2-8-10-11-9-6-4-3-5-7-9;1-2-3;;/h3-7,11H,2H2,1H3;3H,1H3;;/q-1;;;. The van der Waals surface area contributed by atoms with Crippen molar-refractivity contribution in [3.63, 3.8) is 0 Å². The Balaban J connectivity index is -0.000000306. The average Bonchev–Trinajstić information content (AvgIpc) is 2.21. The Labute approximate surface area is 154 Å². The maximum Gasteiger partial charge on any atom is 0.183 e. The van der Waals surface area contributed by atoms with E-state index < -0.39 is 0 Å². The fraction of sp³-hybridized carbons (Fsp3) is 0.300. The SMILES string of the molecule is CC[C-]=NNc1ccccc1.C[B]S.[U].[Y]. The first-order valence-electron chi connectivity index (χ1n) is 4.50. The maximum atomic E-state index is 3.86. The summed E-state index contributed by atoms with van der Waals surface area (Å²) in [6, 6.07) is 9.81. The number of rotatable bonds is 3. The van der Waals surface area contributed by atoms with E-state index in [1.165, 1.54) is 0 Å². The van der Waals surface area contributed by atoms with Gasteiger partial charge in [-0.25, -0.2) is 12.5 Å². The van der Waals surface area contributed by atoms with Crippen LogP contribution in [-0.2, 0) is 32.7 Å². The molecule has 0 spiro atoms. The van der Waals surface area contributed by atoms with Gasteiger partial charge in [0.15, 0.2) is 6.56 Å². The summed E-state index contributed by atoms with van der Waals surface area (Å²) in [4.78, 5) is 0. The van der Waals surface area contributed by atoms with Crippen molar-refractivity contribution in [2.24, 2.45) is 5.10 Å². The number of nitrogens with zero attached hydrogens (tertiary/aromatic N) is 1. The molecule has 0 atom stereocenters. The normalized spacial score (nSPS) is 7.94. The zero-order valence-corrected chi connectivity index (χ0v) is 17.5. The molecule has 0 unspecified atom stereocenters. The van der Waals surface area contributed by atoms with Crippen molar-refractivity contribution in [2.45, 2.75) is 20.2 Å². The molecule has 0 aliphatic heterocycles. The van der Waals surface area contributed by atoms with Crippen LogP contribution in [0.1, 0.15) is 13.3 Å². The Morgan fingerprint density at radius 3 is 2.31 bits per heavy atom. The van der Waals surface area contributed by atoms with Crippen LogP contribution in [0.15, 0.2) is 35.4 Å². The third-order valence-electron chi connectivity index (χ3n) is 1.20. The van der Waals surface area contributed by atoms with Gasteiger partial charge in [0.25, 0.3) is 0 Å². The number of hydrogen-bond donors (Lipinski definition) is 2. The summed E-state index contributed by atoms with van der Waals surface area (Å²) in [5.41, 5.74) is 3.85. The Bertz CT molecular complexity index is 250. The van der Waals surface area contributed by atoms with Crippen LogP contribution in [0.5, 0.6) is 0 Å². The Morgan fingerprint density at radius 1 is 1.38 bits per heavy atom. The van der Waals surface area contributed by atoms with Gasteiger partial charge in [-0.05, 0) is 12.1 Å². The molecule has 82 valence electrons. The summed E-state index contributed by atoms with van der Waals surface area (Å²) >= 11 is 3.66. The number of hydrazone groups is 1. The molecule has 2 nitrogen and oxygen atoms in total. The molecule has 1 N–H and O–H groups in total. The number of thiol groups is 1. The van der Waals surface area contributed by atoms with Crippen LogP contribution in [0.2, 0.25) is 6.82 Å². The van der Waals surface area contributed by atoms with Crippen LogP contribution in [0.4, 0.5) is 5.69 Å². The fourth-order valence-electron chi connectivity index (χ4n) is 0.696. The van der Waals surface area contributed by atoms with E-state index in [1.54, 1.807) is 6.56 Å². The second kappa shape index (κ2) is 18.6. The number of hydrogen-bond acceptors (Lipinski definition) is 3. The number of benzene rings is 1. The second-order valence-corrected chi connectivity index (χ2v) is 2.88. The van der Waals surface area contributed by atoms with E-state index in [-0.39, 0.29) is 63.8 Å². The summed E-state index contributed by atoms with van der Waals surface area (Å²) in [6.07, 6.45) is 3.64. The molecule has 2 radical (unpaired) electrons. The zero-order valence-electron chi connectivity index (χ0n) is 9.64. The first kappa shape index (κ1) is 22.4. The largest absolute Gasteiger partial charge is 0.400 e. The van der Waals surface area contributed by atoms with E-state index in [1.807, 2.05) is 44.1 Å². The van der Waals surface area contributed by atoms with Crippen molar-refractivity contribution in [1.82, 2.24) is 0 Å². The van der Waals surface area contributed by atoms with Crippen molar-refractivity contribution < 1.29 is 63.8 Å². The maximum absolute atomic E-state index is 3.86. The molecular formula is C10H15BN2SUY-. The molecular weight excluding hydrogens is 518 g/mol. The minimum absolute atomic E-state index is 0. The minimum Gasteiger partial charge on any atom is -0.400 e. The van der Waals surface area contributed by atoms with Crippen LogP contribution in [0.3, 0.4) is 0 Å². The molecule has 0 fully saturated rings. The van der Waals surface area contributed by atoms with Gasteiger partial charge < -0.3 is 16.7 Å². The molecule has 0 saturated carbocycles. The molecule has 1 aromatic rings. The molecule has 0 amide bonds.